The molecular weight excluding hydrogens is 378 g/mol. The zero-order valence-corrected chi connectivity index (χ0v) is 17.3. The Hall–Kier alpha value is -2.87. The van der Waals surface area contributed by atoms with Gasteiger partial charge in [0, 0.05) is 30.5 Å². The Balaban J connectivity index is 1.38. The SMILES string of the molecule is Cc1cc(N2CCOCC2)ccc1Nc1nc(NC2CC[CH]CC2)c2nc[nH]c2n1. The molecule has 2 aliphatic rings. The minimum Gasteiger partial charge on any atom is -0.378 e. The molecule has 1 saturated heterocycles. The molecule has 2 fully saturated rings. The van der Waals surface area contributed by atoms with Gasteiger partial charge in [-0.1, -0.05) is 0 Å². The van der Waals surface area contributed by atoms with Gasteiger partial charge < -0.3 is 25.3 Å². The molecule has 0 atom stereocenters. The average molecular weight is 407 g/mol. The van der Waals surface area contributed by atoms with Gasteiger partial charge in [0.2, 0.25) is 5.95 Å². The maximum absolute atomic E-state index is 5.46. The Morgan fingerprint density at radius 3 is 2.77 bits per heavy atom. The quantitative estimate of drug-likeness (QED) is 0.594. The highest BCUT2D eigenvalue weighted by molar-refractivity contribution is 5.84. The van der Waals surface area contributed by atoms with E-state index in [0.29, 0.717) is 12.0 Å². The Bertz CT molecular complexity index is 1010. The number of ether oxygens (including phenoxy) is 1. The number of H-pyrrole nitrogens is 1. The first-order chi connectivity index (χ1) is 14.8. The highest BCUT2D eigenvalue weighted by atomic mass is 16.5. The van der Waals surface area contributed by atoms with Crippen molar-refractivity contribution >= 4 is 34.3 Å². The second kappa shape index (κ2) is 8.47. The van der Waals surface area contributed by atoms with E-state index in [9.17, 15) is 0 Å². The summed E-state index contributed by atoms with van der Waals surface area (Å²) >= 11 is 0. The molecule has 0 unspecified atom stereocenters. The van der Waals surface area contributed by atoms with Crippen molar-refractivity contribution in [3.8, 4) is 0 Å². The summed E-state index contributed by atoms with van der Waals surface area (Å²) in [5, 5.41) is 6.99. The van der Waals surface area contributed by atoms with E-state index in [2.05, 4.69) is 62.0 Å². The van der Waals surface area contributed by atoms with Crippen LogP contribution in [0.1, 0.15) is 31.2 Å². The third-order valence-electron chi connectivity index (χ3n) is 5.89. The van der Waals surface area contributed by atoms with Crippen LogP contribution >= 0.6 is 0 Å². The lowest BCUT2D eigenvalue weighted by Gasteiger charge is -2.29. The zero-order chi connectivity index (χ0) is 20.3. The Morgan fingerprint density at radius 1 is 1.13 bits per heavy atom. The van der Waals surface area contributed by atoms with E-state index < -0.39 is 0 Å². The van der Waals surface area contributed by atoms with Crippen LogP contribution in [0.4, 0.5) is 23.1 Å². The number of aromatic nitrogens is 4. The third-order valence-corrected chi connectivity index (χ3v) is 5.89. The van der Waals surface area contributed by atoms with E-state index in [1.807, 2.05) is 0 Å². The molecule has 1 aliphatic heterocycles. The first-order valence-electron chi connectivity index (χ1n) is 10.8. The van der Waals surface area contributed by atoms with Crippen LogP contribution in [0, 0.1) is 13.3 Å². The number of hydrogen-bond donors (Lipinski definition) is 3. The number of aryl methyl sites for hydroxylation is 1. The molecule has 157 valence electrons. The zero-order valence-electron chi connectivity index (χ0n) is 17.3. The van der Waals surface area contributed by atoms with E-state index in [-0.39, 0.29) is 0 Å². The van der Waals surface area contributed by atoms with Gasteiger partial charge in [-0.15, -0.1) is 0 Å². The van der Waals surface area contributed by atoms with Crippen molar-refractivity contribution < 1.29 is 4.74 Å². The summed E-state index contributed by atoms with van der Waals surface area (Å²) in [4.78, 5) is 19.3. The fourth-order valence-corrected chi connectivity index (χ4v) is 4.18. The van der Waals surface area contributed by atoms with Crippen molar-refractivity contribution in [1.29, 1.82) is 0 Å². The Labute approximate surface area is 176 Å². The molecule has 3 heterocycles. The molecule has 1 radical (unpaired) electrons. The molecule has 0 spiro atoms. The molecular formula is C22H28N7O. The summed E-state index contributed by atoms with van der Waals surface area (Å²) in [5.74, 6) is 1.36. The number of benzene rings is 1. The molecule has 1 aliphatic carbocycles. The van der Waals surface area contributed by atoms with E-state index in [0.717, 1.165) is 80.2 Å². The monoisotopic (exact) mass is 406 g/mol. The normalized spacial score (nSPS) is 18.0. The third kappa shape index (κ3) is 4.05. The minimum absolute atomic E-state index is 0.423. The largest absolute Gasteiger partial charge is 0.378 e. The second-order valence-electron chi connectivity index (χ2n) is 8.00. The standard InChI is InChI=1S/C22H28N7O/c1-15-13-17(29-9-11-30-12-10-29)7-8-18(15)26-22-27-20-19(23-14-24-20)21(28-22)25-16-5-3-2-4-6-16/h2,7-8,13-14,16H,3-6,9-12H2,1H3,(H3,23,24,25,26,27,28). The predicted molar refractivity (Wildman–Crippen MR) is 119 cm³/mol. The molecule has 0 bridgehead atoms. The number of morpholine rings is 1. The first-order valence-corrected chi connectivity index (χ1v) is 10.8. The number of rotatable bonds is 5. The Kier molecular flexibility index (Phi) is 5.40. The van der Waals surface area contributed by atoms with Gasteiger partial charge in [-0.05, 0) is 62.8 Å². The van der Waals surface area contributed by atoms with E-state index in [1.165, 1.54) is 5.69 Å². The number of imidazole rings is 1. The number of aromatic amines is 1. The molecule has 8 heteroatoms. The fourth-order valence-electron chi connectivity index (χ4n) is 4.18. The minimum atomic E-state index is 0.423. The van der Waals surface area contributed by atoms with Crippen LogP contribution in [0.2, 0.25) is 0 Å². The lowest BCUT2D eigenvalue weighted by molar-refractivity contribution is 0.122. The van der Waals surface area contributed by atoms with Gasteiger partial charge in [0.15, 0.2) is 11.5 Å². The van der Waals surface area contributed by atoms with E-state index in [4.69, 9.17) is 9.72 Å². The fraction of sp³-hybridized carbons (Fsp3) is 0.455. The van der Waals surface area contributed by atoms with Crippen molar-refractivity contribution in [3.63, 3.8) is 0 Å². The average Bonchev–Trinajstić information content (AvgIpc) is 3.26. The van der Waals surface area contributed by atoms with Crippen LogP contribution in [0.3, 0.4) is 0 Å². The topological polar surface area (TPSA) is 91.0 Å². The molecule has 3 N–H and O–H groups in total. The van der Waals surface area contributed by atoms with Crippen molar-refractivity contribution in [2.75, 3.05) is 41.8 Å². The Morgan fingerprint density at radius 2 is 1.97 bits per heavy atom. The van der Waals surface area contributed by atoms with Gasteiger partial charge in [0.05, 0.1) is 19.5 Å². The van der Waals surface area contributed by atoms with Crippen LogP contribution in [0.5, 0.6) is 0 Å². The molecule has 30 heavy (non-hydrogen) atoms. The highest BCUT2D eigenvalue weighted by Gasteiger charge is 2.18. The van der Waals surface area contributed by atoms with Gasteiger partial charge >= 0.3 is 0 Å². The number of hydrogen-bond acceptors (Lipinski definition) is 7. The van der Waals surface area contributed by atoms with Crippen molar-refractivity contribution in [3.05, 3.63) is 36.5 Å². The van der Waals surface area contributed by atoms with Gasteiger partial charge in [0.1, 0.15) is 5.52 Å². The van der Waals surface area contributed by atoms with Crippen LogP contribution in [-0.2, 0) is 4.74 Å². The van der Waals surface area contributed by atoms with Crippen LogP contribution in [0.25, 0.3) is 11.2 Å². The van der Waals surface area contributed by atoms with Gasteiger partial charge in [-0.2, -0.15) is 9.97 Å². The van der Waals surface area contributed by atoms with Crippen LogP contribution < -0.4 is 15.5 Å². The van der Waals surface area contributed by atoms with Gasteiger partial charge in [-0.25, -0.2) is 4.98 Å². The summed E-state index contributed by atoms with van der Waals surface area (Å²) in [6, 6.07) is 6.88. The maximum Gasteiger partial charge on any atom is 0.231 e. The predicted octanol–water partition coefficient (Wildman–Crippen LogP) is 3.80. The molecule has 5 rings (SSSR count). The first kappa shape index (κ1) is 19.1. The van der Waals surface area contributed by atoms with E-state index in [1.54, 1.807) is 6.33 Å². The maximum atomic E-state index is 5.46. The van der Waals surface area contributed by atoms with Crippen molar-refractivity contribution in [1.82, 2.24) is 19.9 Å². The van der Waals surface area contributed by atoms with Gasteiger partial charge in [0.25, 0.3) is 0 Å². The second-order valence-corrected chi connectivity index (χ2v) is 8.00. The molecule has 0 amide bonds. The van der Waals surface area contributed by atoms with Crippen LogP contribution in [-0.4, -0.2) is 52.3 Å². The lowest BCUT2D eigenvalue weighted by atomic mass is 9.95. The summed E-state index contributed by atoms with van der Waals surface area (Å²) < 4.78 is 5.46. The molecule has 2 aromatic heterocycles. The van der Waals surface area contributed by atoms with Crippen molar-refractivity contribution in [2.24, 2.45) is 0 Å². The molecule has 3 aromatic rings. The lowest BCUT2D eigenvalue weighted by Crippen LogP contribution is -2.36. The summed E-state index contributed by atoms with van der Waals surface area (Å²) in [6.07, 6.45) is 8.57. The van der Waals surface area contributed by atoms with Crippen LogP contribution in [0.15, 0.2) is 24.5 Å². The van der Waals surface area contributed by atoms with Crippen molar-refractivity contribution in [2.45, 2.75) is 38.6 Å². The summed E-state index contributed by atoms with van der Waals surface area (Å²) in [5.41, 5.74) is 4.91. The smallest absolute Gasteiger partial charge is 0.231 e. The number of nitrogens with one attached hydrogen (secondary N) is 3. The summed E-state index contributed by atoms with van der Waals surface area (Å²) in [6.45, 7) is 5.54. The van der Waals surface area contributed by atoms with E-state index >= 15 is 0 Å². The molecule has 1 saturated carbocycles. The van der Waals surface area contributed by atoms with Gasteiger partial charge in [-0.3, -0.25) is 0 Å². The molecule has 8 nitrogen and oxygen atoms in total. The number of nitrogens with zero attached hydrogens (tertiary/aromatic N) is 4. The highest BCUT2D eigenvalue weighted by Crippen LogP contribution is 2.28. The summed E-state index contributed by atoms with van der Waals surface area (Å²) in [7, 11) is 0. The number of anilines is 4. The molecule has 1 aromatic carbocycles. The number of fused-ring (bicyclic) bond motifs is 1.